The predicted molar refractivity (Wildman–Crippen MR) is 266 cm³/mol. The van der Waals surface area contributed by atoms with Crippen molar-refractivity contribution in [2.24, 2.45) is 40.9 Å². The van der Waals surface area contributed by atoms with E-state index < -0.39 is 150 Å². The molecule has 0 aliphatic carbocycles. The van der Waals surface area contributed by atoms with Gasteiger partial charge in [0.25, 0.3) is 0 Å². The molecule has 1 aromatic rings. The van der Waals surface area contributed by atoms with Gasteiger partial charge in [0.05, 0.1) is 6.10 Å². The Kier molecular flexibility index (Phi) is 27.1. The van der Waals surface area contributed by atoms with Gasteiger partial charge in [-0.25, -0.2) is 4.79 Å². The van der Waals surface area contributed by atoms with Gasteiger partial charge in [-0.3, -0.25) is 47.9 Å². The standard InChI is InChI=1S/C48H79N11O14/c1-22(2)19-32(55-43(67)33(56-45(69)37(51)27(10)60)21-28-11-13-29(61)14-12-28)44(68)59-39(25(7)8)47(71)54-31(16-18-36(50)63)42(66)58-38(24(5)6)46(70)53-30(15-17-35(49)62)41(65)52-26(9)40(64)57-34(48(72)73)20-23(3)4/h11-14,22-27,30-34,37-39,60-61H,15-21,51H2,1-10H3,(H2,49,62)(H2,50,63)(H,52,65)(H,53,70)(H,54,71)(H,55,67)(H,56,69)(H,57,64)(H,58,66)(H,59,68)(H,72,73)/t26-,27+,30-,31-,32-,33-,34-,37-,38-,39-/m0/s1. The molecule has 1 rings (SSSR count). The molecule has 0 unspecified atom stereocenters. The molecule has 10 amide bonds. The quantitative estimate of drug-likeness (QED) is 0.0357. The third-order valence-corrected chi connectivity index (χ3v) is 11.4. The van der Waals surface area contributed by atoms with Crippen molar-refractivity contribution in [2.45, 2.75) is 175 Å². The zero-order valence-electron chi connectivity index (χ0n) is 43.4. The second kappa shape index (κ2) is 30.9. The lowest BCUT2D eigenvalue weighted by atomic mass is 9.98. The van der Waals surface area contributed by atoms with Gasteiger partial charge in [0.1, 0.15) is 60.1 Å². The number of carbonyl (C=O) groups is 11. The van der Waals surface area contributed by atoms with Crippen molar-refractivity contribution in [1.29, 1.82) is 0 Å². The molecule has 0 aliphatic rings. The third kappa shape index (κ3) is 23.5. The molecule has 17 N–H and O–H groups in total. The van der Waals surface area contributed by atoms with E-state index >= 15 is 0 Å². The van der Waals surface area contributed by atoms with Crippen molar-refractivity contribution >= 4 is 65.0 Å². The summed E-state index contributed by atoms with van der Waals surface area (Å²) < 4.78 is 0. The van der Waals surface area contributed by atoms with E-state index in [2.05, 4.69) is 42.5 Å². The summed E-state index contributed by atoms with van der Waals surface area (Å²) in [6.07, 6.45) is -2.79. The van der Waals surface area contributed by atoms with Crippen molar-refractivity contribution in [3.8, 4) is 5.75 Å². The van der Waals surface area contributed by atoms with Gasteiger partial charge in [-0.05, 0) is 80.9 Å². The van der Waals surface area contributed by atoms with Crippen LogP contribution in [-0.2, 0) is 59.2 Å². The second-order valence-electron chi connectivity index (χ2n) is 19.7. The molecule has 0 saturated heterocycles. The lowest BCUT2D eigenvalue weighted by molar-refractivity contribution is -0.142. The number of aliphatic hydroxyl groups is 1. The van der Waals surface area contributed by atoms with Crippen LogP contribution in [0.15, 0.2) is 24.3 Å². The molecule has 0 aromatic heterocycles. The van der Waals surface area contributed by atoms with Crippen LogP contribution in [0.2, 0.25) is 0 Å². The number of aromatic hydroxyl groups is 1. The number of carboxylic acids is 1. The molecule has 0 spiro atoms. The summed E-state index contributed by atoms with van der Waals surface area (Å²) in [7, 11) is 0. The molecule has 0 fully saturated rings. The normalized spacial score (nSPS) is 15.5. The minimum atomic E-state index is -1.55. The summed E-state index contributed by atoms with van der Waals surface area (Å²) >= 11 is 0. The molecule has 25 nitrogen and oxygen atoms in total. The number of nitrogens with one attached hydrogen (secondary N) is 8. The number of hydrogen-bond acceptors (Lipinski definition) is 14. The van der Waals surface area contributed by atoms with E-state index in [0.717, 1.165) is 0 Å². The van der Waals surface area contributed by atoms with Gasteiger partial charge in [-0.15, -0.1) is 0 Å². The molecule has 0 bridgehead atoms. The summed E-state index contributed by atoms with van der Waals surface area (Å²) in [5, 5.41) is 49.3. The number of hydrogen-bond donors (Lipinski definition) is 14. The minimum Gasteiger partial charge on any atom is -0.508 e. The lowest BCUT2D eigenvalue weighted by Gasteiger charge is -2.30. The number of aliphatic hydroxyl groups excluding tert-OH is 1. The van der Waals surface area contributed by atoms with E-state index in [1.54, 1.807) is 55.4 Å². The predicted octanol–water partition coefficient (Wildman–Crippen LogP) is -2.44. The van der Waals surface area contributed by atoms with Gasteiger partial charge in [0.15, 0.2) is 0 Å². The Morgan fingerprint density at radius 2 is 0.849 bits per heavy atom. The molecule has 73 heavy (non-hydrogen) atoms. The maximum Gasteiger partial charge on any atom is 0.326 e. The van der Waals surface area contributed by atoms with Crippen LogP contribution in [0.25, 0.3) is 0 Å². The highest BCUT2D eigenvalue weighted by Crippen LogP contribution is 2.15. The SMILES string of the molecule is CC(C)C[C@H](NC(=O)[C@H](C)NC(=O)[C@H](CCC(N)=O)NC(=O)[C@@H](NC(=O)[C@H](CCC(N)=O)NC(=O)[C@@H](NC(=O)[C@H](CC(C)C)NC(=O)[C@H](Cc1ccc(O)cc1)NC(=O)[C@@H](N)[C@@H](C)O)C(C)C)C(C)C)C(=O)O. The number of carboxylic acid groups (broad SMARTS) is 1. The highest BCUT2D eigenvalue weighted by Gasteiger charge is 2.37. The summed E-state index contributed by atoms with van der Waals surface area (Å²) in [5.41, 5.74) is 17.1. The topological polar surface area (TPSA) is 423 Å². The highest BCUT2D eigenvalue weighted by atomic mass is 16.4. The molecule has 25 heteroatoms. The Morgan fingerprint density at radius 3 is 1.25 bits per heavy atom. The fourth-order valence-corrected chi connectivity index (χ4v) is 7.12. The molecule has 0 heterocycles. The number of carbonyl (C=O) groups excluding carboxylic acids is 10. The summed E-state index contributed by atoms with van der Waals surface area (Å²) in [5.74, 6) is -11.8. The molecular weight excluding hydrogens is 955 g/mol. The van der Waals surface area contributed by atoms with Crippen LogP contribution in [0.5, 0.6) is 5.75 Å². The summed E-state index contributed by atoms with van der Waals surface area (Å²) in [4.78, 5) is 145. The van der Waals surface area contributed by atoms with Gasteiger partial charge in [-0.2, -0.15) is 0 Å². The van der Waals surface area contributed by atoms with Crippen LogP contribution < -0.4 is 59.7 Å². The smallest absolute Gasteiger partial charge is 0.326 e. The lowest BCUT2D eigenvalue weighted by Crippen LogP contribution is -2.62. The van der Waals surface area contributed by atoms with Crippen LogP contribution in [0, 0.1) is 23.7 Å². The van der Waals surface area contributed by atoms with E-state index in [0.29, 0.717) is 5.56 Å². The van der Waals surface area contributed by atoms with E-state index in [1.807, 2.05) is 0 Å². The van der Waals surface area contributed by atoms with Crippen molar-refractivity contribution < 1.29 is 68.1 Å². The average molecular weight is 1030 g/mol. The fourth-order valence-electron chi connectivity index (χ4n) is 7.12. The first-order valence-electron chi connectivity index (χ1n) is 24.3. The van der Waals surface area contributed by atoms with Crippen molar-refractivity contribution in [2.75, 3.05) is 0 Å². The molecule has 0 saturated carbocycles. The van der Waals surface area contributed by atoms with Gasteiger partial charge < -0.3 is 75.1 Å². The van der Waals surface area contributed by atoms with Crippen LogP contribution in [0.4, 0.5) is 0 Å². The van der Waals surface area contributed by atoms with Crippen LogP contribution in [0.1, 0.15) is 113 Å². The van der Waals surface area contributed by atoms with E-state index in [4.69, 9.17) is 17.2 Å². The van der Waals surface area contributed by atoms with Gasteiger partial charge in [0.2, 0.25) is 59.1 Å². The summed E-state index contributed by atoms with van der Waals surface area (Å²) in [6, 6.07) is -6.65. The first-order chi connectivity index (χ1) is 33.8. The molecule has 1 aromatic carbocycles. The van der Waals surface area contributed by atoms with Crippen LogP contribution in [0.3, 0.4) is 0 Å². The Balaban J connectivity index is 3.42. The summed E-state index contributed by atoms with van der Waals surface area (Å²) in [6.45, 7) is 15.9. The number of aliphatic carboxylic acids is 1. The van der Waals surface area contributed by atoms with E-state index in [9.17, 15) is 68.1 Å². The van der Waals surface area contributed by atoms with Crippen molar-refractivity contribution in [3.63, 3.8) is 0 Å². The average Bonchev–Trinajstić information content (AvgIpc) is 3.28. The third-order valence-electron chi connectivity index (χ3n) is 11.4. The largest absolute Gasteiger partial charge is 0.508 e. The van der Waals surface area contributed by atoms with E-state index in [1.165, 1.54) is 38.1 Å². The maximum atomic E-state index is 14.1. The molecular formula is C48H79N11O14. The zero-order chi connectivity index (χ0) is 56.0. The number of phenols is 1. The molecule has 0 radical (unpaired) electrons. The second-order valence-corrected chi connectivity index (χ2v) is 19.7. The number of nitrogens with two attached hydrogens (primary N) is 3. The Hall–Kier alpha value is -6.89. The van der Waals surface area contributed by atoms with Gasteiger partial charge >= 0.3 is 5.97 Å². The zero-order valence-corrected chi connectivity index (χ0v) is 43.4. The monoisotopic (exact) mass is 1030 g/mol. The number of phenolic OH excluding ortho intramolecular Hbond substituents is 1. The van der Waals surface area contributed by atoms with Gasteiger partial charge in [-0.1, -0.05) is 67.5 Å². The van der Waals surface area contributed by atoms with Crippen LogP contribution in [-0.4, -0.2) is 141 Å². The Morgan fingerprint density at radius 1 is 0.479 bits per heavy atom. The minimum absolute atomic E-state index is 0.0461. The number of amides is 10. The Labute approximate surface area is 425 Å². The highest BCUT2D eigenvalue weighted by molar-refractivity contribution is 5.98. The number of rotatable bonds is 32. The van der Waals surface area contributed by atoms with Crippen molar-refractivity contribution in [1.82, 2.24) is 42.5 Å². The van der Waals surface area contributed by atoms with Gasteiger partial charge in [0, 0.05) is 19.3 Å². The number of primary amides is 2. The number of benzene rings is 1. The Bertz CT molecular complexity index is 2080. The molecule has 0 aliphatic heterocycles. The first kappa shape index (κ1) is 64.1. The first-order valence-corrected chi connectivity index (χ1v) is 24.3. The molecule has 410 valence electrons. The maximum absolute atomic E-state index is 14.1. The fraction of sp³-hybridized carbons (Fsp3) is 0.646. The molecule has 10 atom stereocenters. The van der Waals surface area contributed by atoms with Crippen molar-refractivity contribution in [3.05, 3.63) is 29.8 Å². The van der Waals surface area contributed by atoms with Crippen LogP contribution >= 0.6 is 0 Å². The van der Waals surface area contributed by atoms with E-state index in [-0.39, 0.29) is 49.7 Å².